The maximum absolute atomic E-state index is 12.4. The summed E-state index contributed by atoms with van der Waals surface area (Å²) in [4.78, 5) is 15.1. The highest BCUT2D eigenvalue weighted by Crippen LogP contribution is 2.14. The van der Waals surface area contributed by atoms with Crippen molar-refractivity contribution in [3.05, 3.63) is 58.5 Å². The molecule has 0 aliphatic carbocycles. The quantitative estimate of drug-likeness (QED) is 0.0538. The molecule has 0 heterocycles. The summed E-state index contributed by atoms with van der Waals surface area (Å²) in [6.07, 6.45) is 20.9. The van der Waals surface area contributed by atoms with E-state index in [0.29, 0.717) is 5.56 Å². The molecule has 0 unspecified atom stereocenters. The van der Waals surface area contributed by atoms with Gasteiger partial charge in [-0.1, -0.05) is 113 Å². The number of nitrogens with zero attached hydrogens (tertiary/aromatic N) is 3. The first-order chi connectivity index (χ1) is 16.2. The first-order valence-corrected chi connectivity index (χ1v) is 12.8. The summed E-state index contributed by atoms with van der Waals surface area (Å²) in [5, 5.41) is 13.1. The minimum absolute atomic E-state index is 0.389. The largest absolute Gasteiger partial charge is 0.454 e. The number of carbonyl (C=O) groups is 1. The highest BCUT2D eigenvalue weighted by molar-refractivity contribution is 5.89. The average molecular weight is 458 g/mol. The van der Waals surface area contributed by atoms with Crippen LogP contribution in [0.4, 0.5) is 0 Å². The van der Waals surface area contributed by atoms with Gasteiger partial charge in [0.2, 0.25) is 0 Å². The average Bonchev–Trinajstić information content (AvgIpc) is 2.84. The summed E-state index contributed by atoms with van der Waals surface area (Å²) in [6.45, 7) is 1.87. The molecule has 1 aromatic rings. The highest BCUT2D eigenvalue weighted by atomic mass is 16.5. The molecule has 6 heteroatoms. The SMILES string of the molecule is CCCCCCCCCCCCCCCC=C[C@@H](OC(=O)c1ccccc1)[C@H](CO)N=[N+]=[N-]. The Balaban J connectivity index is 2.24. The number of esters is 1. The van der Waals surface area contributed by atoms with Gasteiger partial charge in [0.15, 0.2) is 0 Å². The monoisotopic (exact) mass is 457 g/mol. The van der Waals surface area contributed by atoms with E-state index >= 15 is 0 Å². The molecule has 6 nitrogen and oxygen atoms in total. The van der Waals surface area contributed by atoms with Crippen molar-refractivity contribution >= 4 is 5.97 Å². The van der Waals surface area contributed by atoms with Gasteiger partial charge in [-0.3, -0.25) is 0 Å². The van der Waals surface area contributed by atoms with Crippen LogP contribution in [-0.4, -0.2) is 29.8 Å². The highest BCUT2D eigenvalue weighted by Gasteiger charge is 2.22. The van der Waals surface area contributed by atoms with E-state index in [0.717, 1.165) is 12.8 Å². The Hall–Kier alpha value is -2.30. The molecule has 184 valence electrons. The Kier molecular flexibility index (Phi) is 17.7. The van der Waals surface area contributed by atoms with Crippen LogP contribution in [0.15, 0.2) is 47.6 Å². The van der Waals surface area contributed by atoms with E-state index in [9.17, 15) is 9.90 Å². The van der Waals surface area contributed by atoms with Crippen molar-refractivity contribution in [3.8, 4) is 0 Å². The van der Waals surface area contributed by atoms with E-state index in [2.05, 4.69) is 16.9 Å². The molecular formula is C27H43N3O3. The minimum Gasteiger partial charge on any atom is -0.454 e. The predicted octanol–water partition coefficient (Wildman–Crippen LogP) is 7.92. The van der Waals surface area contributed by atoms with E-state index in [4.69, 9.17) is 10.3 Å². The third-order valence-corrected chi connectivity index (χ3v) is 5.82. The number of aliphatic hydroxyl groups is 1. The van der Waals surface area contributed by atoms with E-state index in [-0.39, 0.29) is 6.61 Å². The molecular weight excluding hydrogens is 414 g/mol. The fourth-order valence-corrected chi connectivity index (χ4v) is 3.79. The van der Waals surface area contributed by atoms with Gasteiger partial charge in [-0.05, 0) is 36.6 Å². The minimum atomic E-state index is -0.842. The normalized spacial score (nSPS) is 12.9. The molecule has 0 saturated carbocycles. The maximum Gasteiger partial charge on any atom is 0.338 e. The molecule has 0 saturated heterocycles. The van der Waals surface area contributed by atoms with Crippen LogP contribution < -0.4 is 0 Å². The fourth-order valence-electron chi connectivity index (χ4n) is 3.79. The van der Waals surface area contributed by atoms with Gasteiger partial charge in [0.1, 0.15) is 12.1 Å². The van der Waals surface area contributed by atoms with Gasteiger partial charge in [0.25, 0.3) is 0 Å². The molecule has 33 heavy (non-hydrogen) atoms. The van der Waals surface area contributed by atoms with Crippen LogP contribution in [0.1, 0.15) is 107 Å². The summed E-state index contributed by atoms with van der Waals surface area (Å²) in [7, 11) is 0. The molecule has 2 atom stereocenters. The van der Waals surface area contributed by atoms with E-state index in [1.807, 2.05) is 12.1 Å². The van der Waals surface area contributed by atoms with Crippen molar-refractivity contribution in [3.63, 3.8) is 0 Å². The standard InChI is InChI=1S/C27H43N3O3/c1-2-3-4-5-6-7-8-9-10-11-12-13-14-15-19-22-26(25(23-31)29-30-28)33-27(32)24-20-17-16-18-21-24/h16-22,25-26,31H,2-15,23H2,1H3/t25-,26+/m0/s1. The van der Waals surface area contributed by atoms with Crippen molar-refractivity contribution in [2.75, 3.05) is 6.61 Å². The number of benzene rings is 1. The van der Waals surface area contributed by atoms with Crippen LogP contribution in [0.2, 0.25) is 0 Å². The van der Waals surface area contributed by atoms with Gasteiger partial charge in [-0.15, -0.1) is 0 Å². The first-order valence-electron chi connectivity index (χ1n) is 12.8. The molecule has 1 aromatic carbocycles. The summed E-state index contributed by atoms with van der Waals surface area (Å²) >= 11 is 0. The second kappa shape index (κ2) is 20.3. The summed E-state index contributed by atoms with van der Waals surface area (Å²) < 4.78 is 5.51. The van der Waals surface area contributed by atoms with Crippen molar-refractivity contribution < 1.29 is 14.6 Å². The molecule has 0 aromatic heterocycles. The summed E-state index contributed by atoms with van der Waals surface area (Å²) in [5.41, 5.74) is 9.18. The Labute approximate surface area is 200 Å². The molecule has 1 rings (SSSR count). The number of azide groups is 1. The Morgan fingerprint density at radius 1 is 0.970 bits per heavy atom. The van der Waals surface area contributed by atoms with Gasteiger partial charge >= 0.3 is 5.97 Å². The lowest BCUT2D eigenvalue weighted by atomic mass is 10.0. The lowest BCUT2D eigenvalue weighted by Crippen LogP contribution is -2.31. The zero-order chi connectivity index (χ0) is 24.0. The number of hydrogen-bond acceptors (Lipinski definition) is 4. The van der Waals surface area contributed by atoms with Crippen molar-refractivity contribution in [2.45, 2.75) is 109 Å². The van der Waals surface area contributed by atoms with Gasteiger partial charge in [-0.25, -0.2) is 4.79 Å². The molecule has 0 amide bonds. The second-order valence-electron chi connectivity index (χ2n) is 8.65. The lowest BCUT2D eigenvalue weighted by Gasteiger charge is -2.19. The Bertz CT molecular complexity index is 687. The lowest BCUT2D eigenvalue weighted by molar-refractivity contribution is 0.0304. The summed E-state index contributed by atoms with van der Waals surface area (Å²) in [5.74, 6) is -0.502. The Morgan fingerprint density at radius 2 is 1.52 bits per heavy atom. The number of hydrogen-bond donors (Lipinski definition) is 1. The second-order valence-corrected chi connectivity index (χ2v) is 8.65. The molecule has 0 aliphatic rings. The van der Waals surface area contributed by atoms with Gasteiger partial charge in [-0.2, -0.15) is 0 Å². The van der Waals surface area contributed by atoms with E-state index < -0.39 is 18.1 Å². The molecule has 0 fully saturated rings. The Morgan fingerprint density at radius 3 is 2.03 bits per heavy atom. The first kappa shape index (κ1) is 28.7. The van der Waals surface area contributed by atoms with Crippen LogP contribution in [0, 0.1) is 0 Å². The van der Waals surface area contributed by atoms with Crippen molar-refractivity contribution in [1.29, 1.82) is 0 Å². The number of aliphatic hydroxyl groups excluding tert-OH is 1. The molecule has 0 radical (unpaired) electrons. The number of rotatable bonds is 20. The van der Waals surface area contributed by atoms with E-state index in [1.54, 1.807) is 30.3 Å². The third kappa shape index (κ3) is 14.5. The number of ether oxygens (including phenoxy) is 1. The van der Waals surface area contributed by atoms with Crippen LogP contribution in [0.3, 0.4) is 0 Å². The van der Waals surface area contributed by atoms with Crippen LogP contribution in [-0.2, 0) is 4.74 Å². The van der Waals surface area contributed by atoms with Gasteiger partial charge < -0.3 is 9.84 Å². The van der Waals surface area contributed by atoms with Crippen molar-refractivity contribution in [2.24, 2.45) is 5.11 Å². The van der Waals surface area contributed by atoms with Crippen LogP contribution >= 0.6 is 0 Å². The van der Waals surface area contributed by atoms with E-state index in [1.165, 1.54) is 77.0 Å². The van der Waals surface area contributed by atoms with Crippen molar-refractivity contribution in [1.82, 2.24) is 0 Å². The summed E-state index contributed by atoms with van der Waals surface area (Å²) in [6, 6.07) is 7.82. The zero-order valence-corrected chi connectivity index (χ0v) is 20.4. The molecule has 0 spiro atoms. The van der Waals surface area contributed by atoms with Gasteiger partial charge in [0, 0.05) is 4.91 Å². The fraction of sp³-hybridized carbons (Fsp3) is 0.667. The topological polar surface area (TPSA) is 95.3 Å². The number of unbranched alkanes of at least 4 members (excludes halogenated alkanes) is 13. The third-order valence-electron chi connectivity index (χ3n) is 5.82. The molecule has 0 aliphatic heterocycles. The van der Waals surface area contributed by atoms with Crippen LogP contribution in [0.25, 0.3) is 10.4 Å². The number of carbonyl (C=O) groups excluding carboxylic acids is 1. The van der Waals surface area contributed by atoms with Crippen LogP contribution in [0.5, 0.6) is 0 Å². The van der Waals surface area contributed by atoms with Gasteiger partial charge in [0.05, 0.1) is 12.2 Å². The smallest absolute Gasteiger partial charge is 0.338 e. The predicted molar refractivity (Wildman–Crippen MR) is 135 cm³/mol. The molecule has 1 N–H and O–H groups in total. The maximum atomic E-state index is 12.4. The number of allylic oxidation sites excluding steroid dienone is 1. The molecule has 0 bridgehead atoms. The zero-order valence-electron chi connectivity index (χ0n) is 20.4.